The topological polar surface area (TPSA) is 66.3 Å². The third-order valence-corrected chi connectivity index (χ3v) is 8.86. The molecule has 2 aromatic heterocycles. The molecule has 1 saturated carbocycles. The number of nitrogens with one attached hydrogen (secondary N) is 1. The first-order chi connectivity index (χ1) is 19.4. The molecule has 7 nitrogen and oxygen atoms in total. The fourth-order valence-corrected chi connectivity index (χ4v) is 6.51. The van der Waals surface area contributed by atoms with Crippen molar-refractivity contribution in [2.24, 2.45) is 0 Å². The van der Waals surface area contributed by atoms with Crippen molar-refractivity contribution < 1.29 is 0 Å². The maximum absolute atomic E-state index is 14.3. The van der Waals surface area contributed by atoms with Gasteiger partial charge in [-0.3, -0.25) is 9.36 Å². The molecule has 0 radical (unpaired) electrons. The number of aromatic nitrogens is 3. The summed E-state index contributed by atoms with van der Waals surface area (Å²) in [4.78, 5) is 28.8. The molecule has 2 fully saturated rings. The normalized spacial score (nSPS) is 16.9. The van der Waals surface area contributed by atoms with Gasteiger partial charge in [0.05, 0.1) is 5.56 Å². The van der Waals surface area contributed by atoms with Crippen LogP contribution in [0.3, 0.4) is 0 Å². The Labute approximate surface area is 236 Å². The van der Waals surface area contributed by atoms with Crippen molar-refractivity contribution in [1.82, 2.24) is 19.4 Å². The van der Waals surface area contributed by atoms with E-state index >= 15 is 0 Å². The molecule has 1 aliphatic heterocycles. The molecule has 0 bridgehead atoms. The number of anilines is 3. The summed E-state index contributed by atoms with van der Waals surface area (Å²) in [7, 11) is 2.18. The van der Waals surface area contributed by atoms with E-state index < -0.39 is 0 Å². The zero-order valence-corrected chi connectivity index (χ0v) is 24.2. The highest BCUT2D eigenvalue weighted by Crippen LogP contribution is 2.34. The highest BCUT2D eigenvalue weighted by molar-refractivity contribution is 5.87. The van der Waals surface area contributed by atoms with E-state index in [0.717, 1.165) is 90.8 Å². The van der Waals surface area contributed by atoms with E-state index in [4.69, 9.17) is 9.97 Å². The fourth-order valence-electron chi connectivity index (χ4n) is 6.51. The van der Waals surface area contributed by atoms with Crippen molar-refractivity contribution in [2.45, 2.75) is 58.9 Å². The molecule has 2 aromatic carbocycles. The Hall–Kier alpha value is -3.71. The number of piperazine rings is 1. The molecule has 0 atom stereocenters. The maximum Gasteiger partial charge on any atom is 0.260 e. The van der Waals surface area contributed by atoms with E-state index in [1.165, 1.54) is 17.7 Å². The van der Waals surface area contributed by atoms with E-state index in [-0.39, 0.29) is 11.6 Å². The first-order valence-corrected chi connectivity index (χ1v) is 14.7. The van der Waals surface area contributed by atoms with Crippen LogP contribution in [-0.2, 0) is 0 Å². The minimum Gasteiger partial charge on any atom is -0.369 e. The number of benzene rings is 2. The summed E-state index contributed by atoms with van der Waals surface area (Å²) in [5.41, 5.74) is 8.07. The van der Waals surface area contributed by atoms with Crippen LogP contribution in [0.15, 0.2) is 53.5 Å². The van der Waals surface area contributed by atoms with Gasteiger partial charge in [-0.1, -0.05) is 43.5 Å². The highest BCUT2D eigenvalue weighted by Gasteiger charge is 2.25. The zero-order valence-electron chi connectivity index (χ0n) is 24.2. The van der Waals surface area contributed by atoms with Crippen LogP contribution in [0.25, 0.3) is 22.2 Å². The van der Waals surface area contributed by atoms with Gasteiger partial charge < -0.3 is 15.1 Å². The third kappa shape index (κ3) is 4.99. The van der Waals surface area contributed by atoms with Gasteiger partial charge in [-0.15, -0.1) is 0 Å². The molecule has 1 aliphatic carbocycles. The minimum atomic E-state index is 0.0585. The average molecular weight is 537 g/mol. The summed E-state index contributed by atoms with van der Waals surface area (Å²) in [5.74, 6) is 0.520. The zero-order chi connectivity index (χ0) is 27.8. The number of likely N-dealkylation sites (N-methyl/N-ethyl adjacent to an activating group) is 1. The molecule has 3 heterocycles. The summed E-state index contributed by atoms with van der Waals surface area (Å²) < 4.78 is 1.98. The standard InChI is InChI=1S/C33H40N6O/c1-22-10-8-9-13-27(22)30-24(3)28-21-34-33(36-31(28)39(32(30)40)26-11-6-5-7-12-26)35-25-14-15-29(23(2)20-25)38-18-16-37(4)17-19-38/h8-10,13-15,20-21,26H,5-7,11-12,16-19H2,1-4H3,(H,34,35,36). The number of hydrogen-bond donors (Lipinski definition) is 1. The fraction of sp³-hybridized carbons (Fsp3) is 0.424. The van der Waals surface area contributed by atoms with Crippen LogP contribution in [0.1, 0.15) is 54.8 Å². The molecular weight excluding hydrogens is 496 g/mol. The monoisotopic (exact) mass is 536 g/mol. The summed E-state index contributed by atoms with van der Waals surface area (Å²) in [6.07, 6.45) is 7.41. The number of hydrogen-bond acceptors (Lipinski definition) is 6. The van der Waals surface area contributed by atoms with Crippen LogP contribution in [-0.4, -0.2) is 52.7 Å². The van der Waals surface area contributed by atoms with Gasteiger partial charge in [-0.05, 0) is 81.1 Å². The van der Waals surface area contributed by atoms with E-state index in [2.05, 4.69) is 66.3 Å². The second-order valence-electron chi connectivity index (χ2n) is 11.6. The summed E-state index contributed by atoms with van der Waals surface area (Å²) in [6.45, 7) is 10.5. The predicted octanol–water partition coefficient (Wildman–Crippen LogP) is 6.38. The van der Waals surface area contributed by atoms with Crippen LogP contribution in [0.4, 0.5) is 17.3 Å². The van der Waals surface area contributed by atoms with Gasteiger partial charge in [0, 0.05) is 55.2 Å². The predicted molar refractivity (Wildman–Crippen MR) is 165 cm³/mol. The van der Waals surface area contributed by atoms with Crippen LogP contribution in [0.2, 0.25) is 0 Å². The first kappa shape index (κ1) is 26.5. The van der Waals surface area contributed by atoms with Gasteiger partial charge in [-0.2, -0.15) is 4.98 Å². The molecule has 0 spiro atoms. The number of nitrogens with zero attached hydrogens (tertiary/aromatic N) is 5. The van der Waals surface area contributed by atoms with Crippen molar-refractivity contribution in [1.29, 1.82) is 0 Å². The van der Waals surface area contributed by atoms with Crippen molar-refractivity contribution in [3.05, 3.63) is 75.7 Å². The van der Waals surface area contributed by atoms with Crippen LogP contribution in [0.5, 0.6) is 0 Å². The Kier molecular flexibility index (Phi) is 7.32. The number of rotatable bonds is 5. The van der Waals surface area contributed by atoms with E-state index in [1.807, 2.05) is 29.8 Å². The summed E-state index contributed by atoms with van der Waals surface area (Å²) >= 11 is 0. The minimum absolute atomic E-state index is 0.0585. The van der Waals surface area contributed by atoms with Gasteiger partial charge in [0.25, 0.3) is 5.56 Å². The van der Waals surface area contributed by atoms with Crippen LogP contribution in [0, 0.1) is 20.8 Å². The van der Waals surface area contributed by atoms with Crippen molar-refractivity contribution in [3.63, 3.8) is 0 Å². The third-order valence-electron chi connectivity index (χ3n) is 8.86. The van der Waals surface area contributed by atoms with E-state index in [9.17, 15) is 4.79 Å². The van der Waals surface area contributed by atoms with Gasteiger partial charge in [0.1, 0.15) is 5.65 Å². The Morgan fingerprint density at radius 2 is 1.65 bits per heavy atom. The molecule has 1 saturated heterocycles. The molecule has 7 heteroatoms. The van der Waals surface area contributed by atoms with Crippen molar-refractivity contribution >= 4 is 28.4 Å². The van der Waals surface area contributed by atoms with Gasteiger partial charge in [0.15, 0.2) is 0 Å². The molecule has 40 heavy (non-hydrogen) atoms. The largest absolute Gasteiger partial charge is 0.369 e. The van der Waals surface area contributed by atoms with Crippen LogP contribution < -0.4 is 15.8 Å². The lowest BCUT2D eigenvalue weighted by Crippen LogP contribution is -2.44. The van der Waals surface area contributed by atoms with E-state index in [0.29, 0.717) is 5.95 Å². The lowest BCUT2D eigenvalue weighted by Gasteiger charge is -2.35. The van der Waals surface area contributed by atoms with Gasteiger partial charge >= 0.3 is 0 Å². The molecule has 0 unspecified atom stereocenters. The second kappa shape index (κ2) is 11.0. The molecule has 1 N–H and O–H groups in total. The molecular formula is C33H40N6O. The van der Waals surface area contributed by atoms with E-state index in [1.54, 1.807) is 0 Å². The molecule has 208 valence electrons. The SMILES string of the molecule is Cc1ccccc1-c1c(C)c2cnc(Nc3ccc(N4CCN(C)CC4)c(C)c3)nc2n(C2CCCCC2)c1=O. The van der Waals surface area contributed by atoms with Crippen molar-refractivity contribution in [2.75, 3.05) is 43.4 Å². The Bertz CT molecular complexity index is 1600. The number of fused-ring (bicyclic) bond motifs is 1. The van der Waals surface area contributed by atoms with Crippen molar-refractivity contribution in [3.8, 4) is 11.1 Å². The Balaban J connectivity index is 1.40. The molecule has 2 aliphatic rings. The summed E-state index contributed by atoms with van der Waals surface area (Å²) in [5, 5.41) is 4.37. The average Bonchev–Trinajstić information content (AvgIpc) is 2.95. The number of aryl methyl sites for hydroxylation is 3. The second-order valence-corrected chi connectivity index (χ2v) is 11.6. The van der Waals surface area contributed by atoms with Gasteiger partial charge in [-0.25, -0.2) is 4.98 Å². The molecule has 0 amide bonds. The molecule has 4 aromatic rings. The smallest absolute Gasteiger partial charge is 0.260 e. The maximum atomic E-state index is 14.3. The first-order valence-electron chi connectivity index (χ1n) is 14.7. The quantitative estimate of drug-likeness (QED) is 0.319. The summed E-state index contributed by atoms with van der Waals surface area (Å²) in [6, 6.07) is 14.8. The lowest BCUT2D eigenvalue weighted by atomic mass is 9.92. The Morgan fingerprint density at radius 3 is 2.38 bits per heavy atom. The number of pyridine rings is 1. The molecule has 6 rings (SSSR count). The Morgan fingerprint density at radius 1 is 0.900 bits per heavy atom. The highest BCUT2D eigenvalue weighted by atomic mass is 16.1. The van der Waals surface area contributed by atoms with Crippen LogP contribution >= 0.6 is 0 Å². The lowest BCUT2D eigenvalue weighted by molar-refractivity contribution is 0.312. The van der Waals surface area contributed by atoms with Gasteiger partial charge in [0.2, 0.25) is 5.95 Å².